The van der Waals surface area contributed by atoms with Crippen LogP contribution in [-0.4, -0.2) is 33.5 Å². The third kappa shape index (κ3) is 4.46. The minimum Gasteiger partial charge on any atom is -0.356 e. The summed E-state index contributed by atoms with van der Waals surface area (Å²) in [5.41, 5.74) is 0. The van der Waals surface area contributed by atoms with Crippen LogP contribution < -0.4 is 5.32 Å². The lowest BCUT2D eigenvalue weighted by Gasteiger charge is -2.23. The van der Waals surface area contributed by atoms with Crippen molar-refractivity contribution < 1.29 is 4.79 Å². The largest absolute Gasteiger partial charge is 0.356 e. The van der Waals surface area contributed by atoms with Gasteiger partial charge in [0.2, 0.25) is 5.91 Å². The molecule has 0 unspecified atom stereocenters. The number of carbonyl (C=O) groups is 1. The summed E-state index contributed by atoms with van der Waals surface area (Å²) >= 11 is 1.64. The molecule has 1 N–H and O–H groups in total. The predicted octanol–water partition coefficient (Wildman–Crippen LogP) is 2.50. The Kier molecular flexibility index (Phi) is 6.08. The second kappa shape index (κ2) is 7.82. The lowest BCUT2D eigenvalue weighted by molar-refractivity contribution is -0.127. The topological polar surface area (TPSA) is 59.8 Å². The van der Waals surface area contributed by atoms with Crippen molar-refractivity contribution in [2.75, 3.05) is 12.8 Å². The summed E-state index contributed by atoms with van der Waals surface area (Å²) in [6, 6.07) is 0. The Bertz CT molecular complexity index is 468. The molecule has 1 saturated carbocycles. The Morgan fingerprint density at radius 1 is 1.43 bits per heavy atom. The van der Waals surface area contributed by atoms with Crippen LogP contribution >= 0.6 is 11.8 Å². The Hall–Kier alpha value is -1.04. The first-order valence-corrected chi connectivity index (χ1v) is 9.08. The average Bonchev–Trinajstić information content (AvgIpc) is 2.74. The Labute approximate surface area is 131 Å². The maximum atomic E-state index is 11.8. The molecule has 0 aliphatic heterocycles. The summed E-state index contributed by atoms with van der Waals surface area (Å²) in [6.45, 7) is 6.09. The predicted molar refractivity (Wildman–Crippen MR) is 85.3 cm³/mol. The summed E-state index contributed by atoms with van der Waals surface area (Å²) in [5.74, 6) is 2.11. The lowest BCUT2D eigenvalue weighted by atomic mass is 9.85. The van der Waals surface area contributed by atoms with Gasteiger partial charge in [0.1, 0.15) is 5.82 Å². The zero-order valence-corrected chi connectivity index (χ0v) is 14.1. The molecule has 1 amide bonds. The van der Waals surface area contributed by atoms with E-state index in [0.717, 1.165) is 49.8 Å². The fourth-order valence-electron chi connectivity index (χ4n) is 2.48. The summed E-state index contributed by atoms with van der Waals surface area (Å²) < 4.78 is 2.21. The van der Waals surface area contributed by atoms with Gasteiger partial charge in [-0.15, -0.1) is 10.2 Å². The zero-order chi connectivity index (χ0) is 15.2. The Balaban J connectivity index is 1.79. The highest BCUT2D eigenvalue weighted by atomic mass is 32.2. The van der Waals surface area contributed by atoms with Crippen molar-refractivity contribution in [2.45, 2.75) is 57.7 Å². The molecule has 1 heterocycles. The van der Waals surface area contributed by atoms with Crippen LogP contribution in [-0.2, 0) is 17.8 Å². The van der Waals surface area contributed by atoms with Crippen LogP contribution in [0.3, 0.4) is 0 Å². The highest BCUT2D eigenvalue weighted by molar-refractivity contribution is 7.98. The molecule has 0 atom stereocenters. The second-order valence-electron chi connectivity index (χ2n) is 6.13. The number of carbonyl (C=O) groups excluding carboxylic acids is 1. The van der Waals surface area contributed by atoms with Gasteiger partial charge in [-0.25, -0.2) is 0 Å². The molecule has 0 radical (unpaired) electrons. The first kappa shape index (κ1) is 16.3. The maximum Gasteiger partial charge on any atom is 0.223 e. The Morgan fingerprint density at radius 2 is 2.19 bits per heavy atom. The van der Waals surface area contributed by atoms with Crippen LogP contribution in [0, 0.1) is 11.8 Å². The number of aryl methyl sites for hydroxylation is 1. The van der Waals surface area contributed by atoms with E-state index >= 15 is 0 Å². The highest BCUT2D eigenvalue weighted by Gasteiger charge is 2.24. The van der Waals surface area contributed by atoms with Crippen LogP contribution in [0.5, 0.6) is 0 Å². The molecule has 1 aliphatic rings. The van der Waals surface area contributed by atoms with E-state index in [1.54, 1.807) is 11.8 Å². The lowest BCUT2D eigenvalue weighted by Crippen LogP contribution is -2.35. The van der Waals surface area contributed by atoms with E-state index in [1.165, 1.54) is 6.42 Å². The molecule has 1 fully saturated rings. The summed E-state index contributed by atoms with van der Waals surface area (Å²) in [4.78, 5) is 11.8. The third-order valence-electron chi connectivity index (χ3n) is 3.88. The number of nitrogens with one attached hydrogen (secondary N) is 1. The molecule has 118 valence electrons. The van der Waals surface area contributed by atoms with Crippen molar-refractivity contribution in [1.82, 2.24) is 20.1 Å². The van der Waals surface area contributed by atoms with Crippen molar-refractivity contribution >= 4 is 17.7 Å². The fraction of sp³-hybridized carbons (Fsp3) is 0.800. The third-order valence-corrected chi connectivity index (χ3v) is 4.54. The average molecular weight is 310 g/mol. The SMILES string of the molecule is CSc1nnc(CCCNC(=O)C2CCC2)n1CC(C)C. The summed E-state index contributed by atoms with van der Waals surface area (Å²) in [5, 5.41) is 12.6. The van der Waals surface area contributed by atoms with Crippen molar-refractivity contribution in [3.8, 4) is 0 Å². The van der Waals surface area contributed by atoms with E-state index in [-0.39, 0.29) is 11.8 Å². The molecule has 2 rings (SSSR count). The molecule has 0 aromatic carbocycles. The normalized spacial score (nSPS) is 15.2. The molecule has 0 bridgehead atoms. The molecular formula is C15H26N4OS. The zero-order valence-electron chi connectivity index (χ0n) is 13.3. The summed E-state index contributed by atoms with van der Waals surface area (Å²) in [6.07, 6.45) is 7.14. The Morgan fingerprint density at radius 3 is 2.76 bits per heavy atom. The molecule has 1 aliphatic carbocycles. The molecule has 0 spiro atoms. The van der Waals surface area contributed by atoms with Gasteiger partial charge in [0.05, 0.1) is 0 Å². The van der Waals surface area contributed by atoms with Gasteiger partial charge >= 0.3 is 0 Å². The summed E-state index contributed by atoms with van der Waals surface area (Å²) in [7, 11) is 0. The van der Waals surface area contributed by atoms with Gasteiger partial charge in [0, 0.05) is 25.4 Å². The minimum atomic E-state index is 0.231. The smallest absolute Gasteiger partial charge is 0.223 e. The van der Waals surface area contributed by atoms with Gasteiger partial charge < -0.3 is 9.88 Å². The van der Waals surface area contributed by atoms with Gasteiger partial charge in [-0.05, 0) is 31.4 Å². The van der Waals surface area contributed by atoms with E-state index in [2.05, 4.69) is 33.9 Å². The van der Waals surface area contributed by atoms with Gasteiger partial charge in [0.15, 0.2) is 5.16 Å². The number of thioether (sulfide) groups is 1. The van der Waals surface area contributed by atoms with Gasteiger partial charge in [-0.1, -0.05) is 32.0 Å². The van der Waals surface area contributed by atoms with Crippen LogP contribution in [0.2, 0.25) is 0 Å². The van der Waals surface area contributed by atoms with Crippen molar-refractivity contribution in [2.24, 2.45) is 11.8 Å². The number of nitrogens with zero attached hydrogens (tertiary/aromatic N) is 3. The molecule has 5 nitrogen and oxygen atoms in total. The van der Waals surface area contributed by atoms with Crippen LogP contribution in [0.25, 0.3) is 0 Å². The monoisotopic (exact) mass is 310 g/mol. The first-order chi connectivity index (χ1) is 10.1. The van der Waals surface area contributed by atoms with Crippen molar-refractivity contribution in [1.29, 1.82) is 0 Å². The highest BCUT2D eigenvalue weighted by Crippen LogP contribution is 2.26. The van der Waals surface area contributed by atoms with E-state index in [4.69, 9.17) is 0 Å². The number of aromatic nitrogens is 3. The molecule has 1 aromatic heterocycles. The van der Waals surface area contributed by atoms with Crippen LogP contribution in [0.1, 0.15) is 45.4 Å². The number of rotatable bonds is 8. The standard InChI is InChI=1S/C15H26N4OS/c1-11(2)10-19-13(17-18-15(19)21-3)8-5-9-16-14(20)12-6-4-7-12/h11-12H,4-10H2,1-3H3,(H,16,20). The van der Waals surface area contributed by atoms with Gasteiger partial charge in [-0.2, -0.15) is 0 Å². The van der Waals surface area contributed by atoms with Crippen molar-refractivity contribution in [3.63, 3.8) is 0 Å². The van der Waals surface area contributed by atoms with Crippen molar-refractivity contribution in [3.05, 3.63) is 5.82 Å². The number of hydrogen-bond donors (Lipinski definition) is 1. The quantitative estimate of drug-likeness (QED) is 0.592. The van der Waals surface area contributed by atoms with E-state index in [9.17, 15) is 4.79 Å². The van der Waals surface area contributed by atoms with Gasteiger partial charge in [0.25, 0.3) is 0 Å². The first-order valence-electron chi connectivity index (χ1n) is 7.85. The van der Waals surface area contributed by atoms with E-state index in [1.807, 2.05) is 6.26 Å². The number of amides is 1. The van der Waals surface area contributed by atoms with E-state index < -0.39 is 0 Å². The second-order valence-corrected chi connectivity index (χ2v) is 6.90. The fourth-order valence-corrected chi connectivity index (χ4v) is 3.00. The maximum absolute atomic E-state index is 11.8. The minimum absolute atomic E-state index is 0.231. The molecule has 0 saturated heterocycles. The van der Waals surface area contributed by atoms with E-state index in [0.29, 0.717) is 5.92 Å². The molecular weight excluding hydrogens is 284 g/mol. The molecule has 1 aromatic rings. The van der Waals surface area contributed by atoms with Gasteiger partial charge in [-0.3, -0.25) is 4.79 Å². The van der Waals surface area contributed by atoms with Crippen LogP contribution in [0.4, 0.5) is 0 Å². The molecule has 21 heavy (non-hydrogen) atoms. The number of hydrogen-bond acceptors (Lipinski definition) is 4. The van der Waals surface area contributed by atoms with Crippen LogP contribution in [0.15, 0.2) is 5.16 Å². The molecule has 6 heteroatoms.